The van der Waals surface area contributed by atoms with Crippen LogP contribution in [0.1, 0.15) is 11.5 Å². The van der Waals surface area contributed by atoms with Gasteiger partial charge >= 0.3 is 0 Å². The van der Waals surface area contributed by atoms with Gasteiger partial charge in [-0.1, -0.05) is 6.07 Å². The third-order valence-corrected chi connectivity index (χ3v) is 2.16. The Morgan fingerprint density at radius 2 is 2.07 bits per heavy atom. The highest BCUT2D eigenvalue weighted by Crippen LogP contribution is 2.22. The Labute approximate surface area is 82.6 Å². The Hall–Kier alpha value is -1.77. The lowest BCUT2D eigenvalue weighted by Gasteiger charge is -1.96. The first-order chi connectivity index (χ1) is 6.66. The molecule has 1 aromatic heterocycles. The van der Waals surface area contributed by atoms with Gasteiger partial charge in [0, 0.05) is 11.3 Å². The molecule has 2 N–H and O–H groups in total. The van der Waals surface area contributed by atoms with Crippen molar-refractivity contribution >= 4 is 5.69 Å². The van der Waals surface area contributed by atoms with Crippen LogP contribution in [0.25, 0.3) is 11.5 Å². The number of benzene rings is 1. The highest BCUT2D eigenvalue weighted by molar-refractivity contribution is 5.59. The average Bonchev–Trinajstić information content (AvgIpc) is 2.47. The van der Waals surface area contributed by atoms with E-state index in [4.69, 9.17) is 10.2 Å². The van der Waals surface area contributed by atoms with E-state index in [9.17, 15) is 0 Å². The number of anilines is 1. The smallest absolute Gasteiger partial charge is 0.226 e. The van der Waals surface area contributed by atoms with Crippen LogP contribution in [0.15, 0.2) is 28.7 Å². The van der Waals surface area contributed by atoms with Crippen molar-refractivity contribution in [2.24, 2.45) is 0 Å². The standard InChI is InChI=1S/C11H12N2O/c1-7-8(2)14-11(13-7)9-4-3-5-10(12)6-9/h3-6H,12H2,1-2H3. The Morgan fingerprint density at radius 1 is 1.29 bits per heavy atom. The van der Waals surface area contributed by atoms with Crippen molar-refractivity contribution in [1.82, 2.24) is 4.98 Å². The first-order valence-corrected chi connectivity index (χ1v) is 4.47. The molecule has 0 saturated heterocycles. The van der Waals surface area contributed by atoms with E-state index in [0.29, 0.717) is 5.89 Å². The van der Waals surface area contributed by atoms with Crippen molar-refractivity contribution in [3.63, 3.8) is 0 Å². The topological polar surface area (TPSA) is 52.0 Å². The summed E-state index contributed by atoms with van der Waals surface area (Å²) in [6.45, 7) is 3.83. The van der Waals surface area contributed by atoms with Crippen molar-refractivity contribution < 1.29 is 4.42 Å². The van der Waals surface area contributed by atoms with E-state index in [1.807, 2.05) is 38.1 Å². The lowest BCUT2D eigenvalue weighted by atomic mass is 10.2. The number of hydrogen-bond acceptors (Lipinski definition) is 3. The molecule has 0 spiro atoms. The van der Waals surface area contributed by atoms with Crippen molar-refractivity contribution in [2.45, 2.75) is 13.8 Å². The minimum Gasteiger partial charge on any atom is -0.441 e. The zero-order valence-electron chi connectivity index (χ0n) is 8.24. The largest absolute Gasteiger partial charge is 0.441 e. The number of oxazole rings is 1. The van der Waals surface area contributed by atoms with Gasteiger partial charge in [-0.15, -0.1) is 0 Å². The van der Waals surface area contributed by atoms with Crippen LogP contribution in [0.3, 0.4) is 0 Å². The molecule has 0 saturated carbocycles. The molecule has 0 aliphatic heterocycles. The van der Waals surface area contributed by atoms with E-state index < -0.39 is 0 Å². The second-order valence-corrected chi connectivity index (χ2v) is 3.29. The van der Waals surface area contributed by atoms with E-state index >= 15 is 0 Å². The van der Waals surface area contributed by atoms with Crippen LogP contribution in [0, 0.1) is 13.8 Å². The lowest BCUT2D eigenvalue weighted by molar-refractivity contribution is 0.541. The summed E-state index contributed by atoms with van der Waals surface area (Å²) >= 11 is 0. The van der Waals surface area contributed by atoms with Gasteiger partial charge in [0.25, 0.3) is 0 Å². The number of hydrogen-bond donors (Lipinski definition) is 1. The van der Waals surface area contributed by atoms with Crippen LogP contribution in [-0.2, 0) is 0 Å². The van der Waals surface area contributed by atoms with Crippen LogP contribution in [-0.4, -0.2) is 4.98 Å². The van der Waals surface area contributed by atoms with Gasteiger partial charge in [0.15, 0.2) is 0 Å². The molecule has 3 heteroatoms. The number of aryl methyl sites for hydroxylation is 2. The van der Waals surface area contributed by atoms with Crippen molar-refractivity contribution in [3.8, 4) is 11.5 Å². The minimum absolute atomic E-state index is 0.632. The van der Waals surface area contributed by atoms with Crippen molar-refractivity contribution in [3.05, 3.63) is 35.7 Å². The molecule has 14 heavy (non-hydrogen) atoms. The molecule has 1 aromatic carbocycles. The van der Waals surface area contributed by atoms with E-state index in [0.717, 1.165) is 22.7 Å². The normalized spacial score (nSPS) is 10.4. The maximum Gasteiger partial charge on any atom is 0.226 e. The third kappa shape index (κ3) is 1.48. The quantitative estimate of drug-likeness (QED) is 0.699. The van der Waals surface area contributed by atoms with Gasteiger partial charge < -0.3 is 10.2 Å². The van der Waals surface area contributed by atoms with Gasteiger partial charge in [0.05, 0.1) is 5.69 Å². The molecule has 3 nitrogen and oxygen atoms in total. The Kier molecular flexibility index (Phi) is 2.00. The summed E-state index contributed by atoms with van der Waals surface area (Å²) in [4.78, 5) is 4.30. The number of nitrogens with two attached hydrogens (primary N) is 1. The van der Waals surface area contributed by atoms with Gasteiger partial charge in [0.2, 0.25) is 5.89 Å². The molecular weight excluding hydrogens is 176 g/mol. The Bertz CT molecular complexity index is 441. The van der Waals surface area contributed by atoms with Gasteiger partial charge in [-0.25, -0.2) is 4.98 Å². The molecule has 0 unspecified atom stereocenters. The lowest BCUT2D eigenvalue weighted by Crippen LogP contribution is -1.85. The van der Waals surface area contributed by atoms with E-state index in [1.54, 1.807) is 0 Å². The van der Waals surface area contributed by atoms with Crippen molar-refractivity contribution in [1.29, 1.82) is 0 Å². The Balaban J connectivity index is 2.49. The molecule has 1 heterocycles. The summed E-state index contributed by atoms with van der Waals surface area (Å²) in [5.74, 6) is 1.48. The molecule has 0 aliphatic rings. The van der Waals surface area contributed by atoms with Crippen LogP contribution in [0.4, 0.5) is 5.69 Å². The zero-order valence-corrected chi connectivity index (χ0v) is 8.24. The SMILES string of the molecule is Cc1nc(-c2cccc(N)c2)oc1C. The summed E-state index contributed by atoms with van der Waals surface area (Å²) in [5.41, 5.74) is 8.23. The van der Waals surface area contributed by atoms with Crippen LogP contribution >= 0.6 is 0 Å². The second-order valence-electron chi connectivity index (χ2n) is 3.29. The number of nitrogens with zero attached hydrogens (tertiary/aromatic N) is 1. The predicted molar refractivity (Wildman–Crippen MR) is 55.8 cm³/mol. The number of nitrogen functional groups attached to an aromatic ring is 1. The molecule has 72 valence electrons. The first-order valence-electron chi connectivity index (χ1n) is 4.47. The summed E-state index contributed by atoms with van der Waals surface area (Å²) in [6.07, 6.45) is 0. The molecule has 0 bridgehead atoms. The summed E-state index contributed by atoms with van der Waals surface area (Å²) < 4.78 is 5.49. The first kappa shape index (κ1) is 8.81. The minimum atomic E-state index is 0.632. The molecule has 0 fully saturated rings. The maximum absolute atomic E-state index is 5.67. The van der Waals surface area contributed by atoms with Crippen LogP contribution in [0.5, 0.6) is 0 Å². The van der Waals surface area contributed by atoms with E-state index in [1.165, 1.54) is 0 Å². The van der Waals surface area contributed by atoms with Gasteiger partial charge in [-0.2, -0.15) is 0 Å². The summed E-state index contributed by atoms with van der Waals surface area (Å²) in [5, 5.41) is 0. The molecule has 0 atom stereocenters. The molecular formula is C11H12N2O. The van der Waals surface area contributed by atoms with Crippen molar-refractivity contribution in [2.75, 3.05) is 5.73 Å². The number of rotatable bonds is 1. The van der Waals surface area contributed by atoms with E-state index in [-0.39, 0.29) is 0 Å². The van der Waals surface area contributed by atoms with Gasteiger partial charge in [-0.05, 0) is 32.0 Å². The average molecular weight is 188 g/mol. The number of aromatic nitrogens is 1. The highest BCUT2D eigenvalue weighted by Gasteiger charge is 2.07. The van der Waals surface area contributed by atoms with E-state index in [2.05, 4.69) is 4.98 Å². The van der Waals surface area contributed by atoms with Crippen LogP contribution < -0.4 is 5.73 Å². The Morgan fingerprint density at radius 3 is 2.64 bits per heavy atom. The summed E-state index contributed by atoms with van der Waals surface area (Å²) in [6, 6.07) is 7.51. The predicted octanol–water partition coefficient (Wildman–Crippen LogP) is 2.54. The molecule has 0 amide bonds. The third-order valence-electron chi connectivity index (χ3n) is 2.16. The highest BCUT2D eigenvalue weighted by atomic mass is 16.4. The molecule has 2 rings (SSSR count). The fourth-order valence-electron chi connectivity index (χ4n) is 1.27. The van der Waals surface area contributed by atoms with Gasteiger partial charge in [-0.3, -0.25) is 0 Å². The molecule has 0 radical (unpaired) electrons. The fraction of sp³-hybridized carbons (Fsp3) is 0.182. The fourth-order valence-corrected chi connectivity index (χ4v) is 1.27. The molecule has 0 aliphatic carbocycles. The van der Waals surface area contributed by atoms with Crippen LogP contribution in [0.2, 0.25) is 0 Å². The maximum atomic E-state index is 5.67. The zero-order chi connectivity index (χ0) is 10.1. The van der Waals surface area contributed by atoms with Gasteiger partial charge in [0.1, 0.15) is 5.76 Å². The monoisotopic (exact) mass is 188 g/mol. The second kappa shape index (κ2) is 3.18. The molecule has 2 aromatic rings. The summed E-state index contributed by atoms with van der Waals surface area (Å²) in [7, 11) is 0.